The van der Waals surface area contributed by atoms with Gasteiger partial charge < -0.3 is 5.32 Å². The smallest absolute Gasteiger partial charge is 0.114 e. The number of hydrogen-bond acceptors (Lipinski definition) is 4. The van der Waals surface area contributed by atoms with Gasteiger partial charge in [0, 0.05) is 29.9 Å². The van der Waals surface area contributed by atoms with Gasteiger partial charge in [-0.15, -0.1) is 11.3 Å². The number of nitrogens with one attached hydrogen (secondary N) is 1. The molecule has 2 heterocycles. The lowest BCUT2D eigenvalue weighted by Crippen LogP contribution is -2.22. The molecule has 2 aromatic rings. The first kappa shape index (κ1) is 13.2. The molecule has 0 saturated carbocycles. The van der Waals surface area contributed by atoms with Crippen molar-refractivity contribution in [3.05, 3.63) is 34.5 Å². The van der Waals surface area contributed by atoms with Crippen LogP contribution in [-0.2, 0) is 6.54 Å². The Labute approximate surface area is 112 Å². The Morgan fingerprint density at radius 1 is 1.39 bits per heavy atom. The van der Waals surface area contributed by atoms with Gasteiger partial charge in [0.15, 0.2) is 0 Å². The van der Waals surface area contributed by atoms with E-state index in [0.29, 0.717) is 0 Å². The number of aromatic nitrogens is 3. The maximum absolute atomic E-state index is 4.42. The largest absolute Gasteiger partial charge is 0.304 e. The van der Waals surface area contributed by atoms with Crippen molar-refractivity contribution >= 4 is 11.3 Å². The molecule has 0 aliphatic heterocycles. The molecule has 0 bridgehead atoms. The lowest BCUT2D eigenvalue weighted by molar-refractivity contribution is 0.586. The van der Waals surface area contributed by atoms with Crippen LogP contribution in [0.1, 0.15) is 43.3 Å². The van der Waals surface area contributed by atoms with E-state index in [-0.39, 0.29) is 6.04 Å². The van der Waals surface area contributed by atoms with Crippen LogP contribution >= 0.6 is 11.3 Å². The van der Waals surface area contributed by atoms with E-state index in [1.165, 1.54) is 5.56 Å². The molecule has 5 heteroatoms. The quantitative estimate of drug-likeness (QED) is 0.836. The average Bonchev–Trinajstić information content (AvgIpc) is 3.02. The van der Waals surface area contributed by atoms with E-state index in [2.05, 4.69) is 35.4 Å². The van der Waals surface area contributed by atoms with Crippen LogP contribution in [0.15, 0.2) is 24.0 Å². The van der Waals surface area contributed by atoms with Gasteiger partial charge in [-0.2, -0.15) is 5.10 Å². The van der Waals surface area contributed by atoms with Gasteiger partial charge in [0.2, 0.25) is 0 Å². The van der Waals surface area contributed by atoms with Crippen molar-refractivity contribution in [2.24, 2.45) is 0 Å². The van der Waals surface area contributed by atoms with Crippen LogP contribution in [0.25, 0.3) is 0 Å². The van der Waals surface area contributed by atoms with E-state index in [9.17, 15) is 0 Å². The molecule has 98 valence electrons. The minimum atomic E-state index is 0.176. The van der Waals surface area contributed by atoms with Crippen LogP contribution in [0, 0.1) is 0 Å². The number of aryl methyl sites for hydroxylation is 1. The van der Waals surface area contributed by atoms with Gasteiger partial charge in [-0.05, 0) is 19.4 Å². The van der Waals surface area contributed by atoms with Crippen molar-refractivity contribution in [3.63, 3.8) is 0 Å². The summed E-state index contributed by atoms with van der Waals surface area (Å²) in [5.74, 6) is 0. The van der Waals surface area contributed by atoms with E-state index >= 15 is 0 Å². The summed E-state index contributed by atoms with van der Waals surface area (Å²) < 4.78 is 2.00. The van der Waals surface area contributed by atoms with Crippen molar-refractivity contribution in [2.75, 3.05) is 6.54 Å². The summed E-state index contributed by atoms with van der Waals surface area (Å²) in [6.07, 6.45) is 8.15. The van der Waals surface area contributed by atoms with E-state index in [1.54, 1.807) is 11.3 Å². The normalized spacial score (nSPS) is 12.8. The highest BCUT2D eigenvalue weighted by Crippen LogP contribution is 2.23. The topological polar surface area (TPSA) is 42.7 Å². The molecule has 2 rings (SSSR count). The lowest BCUT2D eigenvalue weighted by atomic mass is 10.1. The fourth-order valence-electron chi connectivity index (χ4n) is 1.89. The van der Waals surface area contributed by atoms with Crippen LogP contribution in [-0.4, -0.2) is 21.3 Å². The summed E-state index contributed by atoms with van der Waals surface area (Å²) in [6.45, 7) is 6.29. The van der Waals surface area contributed by atoms with Crippen molar-refractivity contribution in [2.45, 2.75) is 39.3 Å². The maximum Gasteiger partial charge on any atom is 0.114 e. The van der Waals surface area contributed by atoms with Gasteiger partial charge in [-0.3, -0.25) is 4.68 Å². The predicted octanol–water partition coefficient (Wildman–Crippen LogP) is 2.84. The second kappa shape index (κ2) is 6.66. The zero-order valence-corrected chi connectivity index (χ0v) is 11.8. The number of nitrogens with zero attached hydrogens (tertiary/aromatic N) is 3. The molecule has 2 aromatic heterocycles. The third kappa shape index (κ3) is 3.17. The molecule has 18 heavy (non-hydrogen) atoms. The maximum atomic E-state index is 4.42. The molecule has 0 radical (unpaired) electrons. The number of thiazole rings is 1. The van der Waals surface area contributed by atoms with Crippen molar-refractivity contribution in [1.29, 1.82) is 0 Å². The van der Waals surface area contributed by atoms with Crippen molar-refractivity contribution in [3.8, 4) is 0 Å². The first-order chi connectivity index (χ1) is 8.85. The summed E-state index contributed by atoms with van der Waals surface area (Å²) in [5, 5.41) is 11.1. The molecule has 0 aromatic carbocycles. The molecular weight excluding hydrogens is 244 g/mol. The van der Waals surface area contributed by atoms with Crippen LogP contribution < -0.4 is 5.32 Å². The second-order valence-electron chi connectivity index (χ2n) is 4.29. The molecule has 4 nitrogen and oxygen atoms in total. The van der Waals surface area contributed by atoms with E-state index < -0.39 is 0 Å². The Bertz CT molecular complexity index is 449. The molecule has 1 N–H and O–H groups in total. The van der Waals surface area contributed by atoms with Gasteiger partial charge in [0.1, 0.15) is 5.01 Å². The molecule has 0 spiro atoms. The molecular formula is C13H20N4S. The Morgan fingerprint density at radius 3 is 2.94 bits per heavy atom. The zero-order chi connectivity index (χ0) is 12.8. The van der Waals surface area contributed by atoms with Crippen molar-refractivity contribution in [1.82, 2.24) is 20.1 Å². The van der Waals surface area contributed by atoms with Gasteiger partial charge >= 0.3 is 0 Å². The summed E-state index contributed by atoms with van der Waals surface area (Å²) in [4.78, 5) is 4.42. The second-order valence-corrected chi connectivity index (χ2v) is 5.22. The van der Waals surface area contributed by atoms with Crippen LogP contribution in [0.4, 0.5) is 0 Å². The molecule has 1 unspecified atom stereocenters. The first-order valence-corrected chi connectivity index (χ1v) is 7.38. The predicted molar refractivity (Wildman–Crippen MR) is 74.8 cm³/mol. The van der Waals surface area contributed by atoms with Crippen LogP contribution in [0.2, 0.25) is 0 Å². The van der Waals surface area contributed by atoms with Gasteiger partial charge in [-0.1, -0.05) is 13.8 Å². The summed E-state index contributed by atoms with van der Waals surface area (Å²) in [6, 6.07) is 0.176. The Balaban J connectivity index is 2.16. The van der Waals surface area contributed by atoms with Crippen molar-refractivity contribution < 1.29 is 0 Å². The summed E-state index contributed by atoms with van der Waals surface area (Å²) in [5.41, 5.74) is 1.20. The molecule has 0 fully saturated rings. The molecule has 0 aliphatic carbocycles. The third-order valence-corrected chi connectivity index (χ3v) is 3.58. The Hall–Kier alpha value is -1.20. The minimum absolute atomic E-state index is 0.176. The average molecular weight is 264 g/mol. The van der Waals surface area contributed by atoms with E-state index in [1.807, 2.05) is 22.5 Å². The molecule has 1 atom stereocenters. The van der Waals surface area contributed by atoms with Crippen LogP contribution in [0.5, 0.6) is 0 Å². The van der Waals surface area contributed by atoms with E-state index in [4.69, 9.17) is 0 Å². The van der Waals surface area contributed by atoms with Gasteiger partial charge in [-0.25, -0.2) is 4.98 Å². The fraction of sp³-hybridized carbons (Fsp3) is 0.538. The molecule has 0 saturated heterocycles. The summed E-state index contributed by atoms with van der Waals surface area (Å²) in [7, 11) is 0. The number of rotatable bonds is 7. The monoisotopic (exact) mass is 264 g/mol. The highest BCUT2D eigenvalue weighted by molar-refractivity contribution is 7.09. The SMILES string of the molecule is CCCNC(c1cnn(CCC)c1)c1nccs1. The molecule has 0 amide bonds. The number of hydrogen-bond donors (Lipinski definition) is 1. The van der Waals surface area contributed by atoms with Crippen LogP contribution in [0.3, 0.4) is 0 Å². The summed E-state index contributed by atoms with van der Waals surface area (Å²) >= 11 is 1.69. The Kier molecular flexibility index (Phi) is 4.90. The van der Waals surface area contributed by atoms with Gasteiger partial charge in [0.05, 0.1) is 12.2 Å². The minimum Gasteiger partial charge on any atom is -0.304 e. The van der Waals surface area contributed by atoms with Gasteiger partial charge in [0.25, 0.3) is 0 Å². The first-order valence-electron chi connectivity index (χ1n) is 6.50. The Morgan fingerprint density at radius 2 is 2.28 bits per heavy atom. The highest BCUT2D eigenvalue weighted by Gasteiger charge is 2.17. The van der Waals surface area contributed by atoms with E-state index in [0.717, 1.165) is 30.9 Å². The standard InChI is InChI=1S/C13H20N4S/c1-3-5-14-12(13-15-6-8-18-13)11-9-16-17(10-11)7-4-2/h6,8-10,12,14H,3-5,7H2,1-2H3. The fourth-order valence-corrected chi connectivity index (χ4v) is 2.63. The zero-order valence-electron chi connectivity index (χ0n) is 11.0. The third-order valence-electron chi connectivity index (χ3n) is 2.74. The lowest BCUT2D eigenvalue weighted by Gasteiger charge is -2.14. The highest BCUT2D eigenvalue weighted by atomic mass is 32.1. The molecule has 0 aliphatic rings.